The van der Waals surface area contributed by atoms with Gasteiger partial charge < -0.3 is 9.84 Å². The van der Waals surface area contributed by atoms with Crippen molar-refractivity contribution in [2.45, 2.75) is 13.0 Å². The molecular weight excluding hydrogens is 274 g/mol. The number of hydrogen-bond acceptors (Lipinski definition) is 2. The molecule has 0 aromatic heterocycles. The highest BCUT2D eigenvalue weighted by atomic mass is 19.2. The molecule has 0 aliphatic rings. The van der Waals surface area contributed by atoms with Crippen LogP contribution >= 0.6 is 0 Å². The highest BCUT2D eigenvalue weighted by molar-refractivity contribution is 5.46. The summed E-state index contributed by atoms with van der Waals surface area (Å²) in [5, 5.41) is 8.71. The smallest absolute Gasteiger partial charge is 0.165 e. The summed E-state index contributed by atoms with van der Waals surface area (Å²) in [6.45, 7) is -0.0905. The summed E-state index contributed by atoms with van der Waals surface area (Å²) in [6, 6.07) is 11.0. The molecular formula is C17H14F2O2. The molecule has 0 radical (unpaired) electrons. The summed E-state index contributed by atoms with van der Waals surface area (Å²) in [4.78, 5) is 0. The van der Waals surface area contributed by atoms with Crippen molar-refractivity contribution < 1.29 is 18.6 Å². The lowest BCUT2D eigenvalue weighted by Gasteiger charge is -2.09. The Bertz CT molecular complexity index is 672. The van der Waals surface area contributed by atoms with E-state index in [0.717, 1.165) is 6.07 Å². The van der Waals surface area contributed by atoms with E-state index >= 15 is 0 Å². The number of aliphatic hydroxyl groups is 1. The van der Waals surface area contributed by atoms with Crippen LogP contribution in [0.4, 0.5) is 8.78 Å². The third kappa shape index (κ3) is 4.04. The van der Waals surface area contributed by atoms with Gasteiger partial charge in [0.05, 0.1) is 12.2 Å². The van der Waals surface area contributed by atoms with Gasteiger partial charge in [0.15, 0.2) is 11.6 Å². The van der Waals surface area contributed by atoms with Crippen molar-refractivity contribution in [3.63, 3.8) is 0 Å². The summed E-state index contributed by atoms with van der Waals surface area (Å²) < 4.78 is 32.2. The maximum atomic E-state index is 13.5. The number of hydrogen-bond donors (Lipinski definition) is 1. The fraction of sp³-hybridized carbons (Fsp3) is 0.176. The molecule has 21 heavy (non-hydrogen) atoms. The largest absolute Gasteiger partial charge is 0.487 e. The van der Waals surface area contributed by atoms with E-state index in [4.69, 9.17) is 9.84 Å². The van der Waals surface area contributed by atoms with Gasteiger partial charge in [-0.1, -0.05) is 36.1 Å². The molecule has 4 heteroatoms. The number of rotatable bonds is 4. The van der Waals surface area contributed by atoms with E-state index in [2.05, 4.69) is 11.8 Å². The number of halogens is 2. The summed E-state index contributed by atoms with van der Waals surface area (Å²) in [5.74, 6) is 4.36. The highest BCUT2D eigenvalue weighted by Gasteiger charge is 2.09. The van der Waals surface area contributed by atoms with Gasteiger partial charge in [-0.15, -0.1) is 0 Å². The molecule has 0 spiro atoms. The Morgan fingerprint density at radius 2 is 1.86 bits per heavy atom. The molecule has 1 N–H and O–H groups in total. The Morgan fingerprint density at radius 3 is 2.67 bits per heavy atom. The summed E-state index contributed by atoms with van der Waals surface area (Å²) >= 11 is 0. The van der Waals surface area contributed by atoms with Crippen molar-refractivity contribution in [1.82, 2.24) is 0 Å². The second-order valence-electron chi connectivity index (χ2n) is 4.27. The molecule has 0 saturated carbocycles. The molecule has 0 saturated heterocycles. The first-order chi connectivity index (χ1) is 10.2. The Kier molecular flexibility index (Phi) is 5.30. The summed E-state index contributed by atoms with van der Waals surface area (Å²) in [5.41, 5.74) is 0.788. The molecule has 0 aliphatic heterocycles. The minimum Gasteiger partial charge on any atom is -0.487 e. The van der Waals surface area contributed by atoms with Gasteiger partial charge in [-0.05, 0) is 18.2 Å². The SMILES string of the molecule is OCCC#Cc1ccccc1OCc1cccc(F)c1F. The van der Waals surface area contributed by atoms with Crippen molar-refractivity contribution in [2.24, 2.45) is 0 Å². The van der Waals surface area contributed by atoms with Crippen LogP contribution in [0.1, 0.15) is 17.5 Å². The Hall–Kier alpha value is -2.38. The Labute approximate surface area is 122 Å². The van der Waals surface area contributed by atoms with Crippen molar-refractivity contribution >= 4 is 0 Å². The minimum absolute atomic E-state index is 0.00940. The predicted molar refractivity (Wildman–Crippen MR) is 75.7 cm³/mol. The average Bonchev–Trinajstić information content (AvgIpc) is 2.50. The zero-order valence-electron chi connectivity index (χ0n) is 11.3. The molecule has 0 fully saturated rings. The zero-order chi connectivity index (χ0) is 15.1. The summed E-state index contributed by atoms with van der Waals surface area (Å²) in [6.07, 6.45) is 0.368. The lowest BCUT2D eigenvalue weighted by atomic mass is 10.2. The van der Waals surface area contributed by atoms with Crippen molar-refractivity contribution in [1.29, 1.82) is 0 Å². The zero-order valence-corrected chi connectivity index (χ0v) is 11.3. The Morgan fingerprint density at radius 1 is 1.05 bits per heavy atom. The average molecular weight is 288 g/mol. The molecule has 0 amide bonds. The molecule has 2 rings (SSSR count). The maximum Gasteiger partial charge on any atom is 0.165 e. The van der Waals surface area contributed by atoms with Crippen molar-refractivity contribution in [3.8, 4) is 17.6 Å². The van der Waals surface area contributed by atoms with Gasteiger partial charge >= 0.3 is 0 Å². The van der Waals surface area contributed by atoms with Crippen LogP contribution in [0.15, 0.2) is 42.5 Å². The topological polar surface area (TPSA) is 29.5 Å². The monoisotopic (exact) mass is 288 g/mol. The van der Waals surface area contributed by atoms with E-state index in [1.165, 1.54) is 12.1 Å². The summed E-state index contributed by atoms with van der Waals surface area (Å²) in [7, 11) is 0. The van der Waals surface area contributed by atoms with Gasteiger partial charge in [0, 0.05) is 12.0 Å². The lowest BCUT2D eigenvalue weighted by molar-refractivity contribution is 0.296. The van der Waals surface area contributed by atoms with Crippen LogP contribution in [0.5, 0.6) is 5.75 Å². The van der Waals surface area contributed by atoms with Crippen molar-refractivity contribution in [3.05, 3.63) is 65.2 Å². The number of para-hydroxylation sites is 1. The van der Waals surface area contributed by atoms with E-state index in [0.29, 0.717) is 17.7 Å². The standard InChI is InChI=1S/C17H14F2O2/c18-15-9-5-8-14(17(15)19)12-21-16-10-2-1-6-13(16)7-3-4-11-20/h1-2,5-6,8-10,20H,4,11-12H2. The predicted octanol–water partition coefficient (Wildman–Crippen LogP) is 3.28. The molecule has 2 aromatic carbocycles. The van der Waals surface area contributed by atoms with Crippen LogP contribution in [0.2, 0.25) is 0 Å². The first-order valence-electron chi connectivity index (χ1n) is 6.47. The Balaban J connectivity index is 2.14. The molecule has 0 bridgehead atoms. The van der Waals surface area contributed by atoms with E-state index in [1.54, 1.807) is 24.3 Å². The third-order valence-electron chi connectivity index (χ3n) is 2.76. The molecule has 0 aliphatic carbocycles. The first kappa shape index (κ1) is 15.0. The van der Waals surface area contributed by atoms with Gasteiger partial charge in [-0.25, -0.2) is 8.78 Å². The van der Waals surface area contributed by atoms with Gasteiger partial charge in [0.25, 0.3) is 0 Å². The third-order valence-corrected chi connectivity index (χ3v) is 2.76. The molecule has 0 atom stereocenters. The van der Waals surface area contributed by atoms with Crippen LogP contribution in [-0.2, 0) is 6.61 Å². The normalized spacial score (nSPS) is 9.86. The van der Waals surface area contributed by atoms with Gasteiger partial charge in [-0.2, -0.15) is 0 Å². The van der Waals surface area contributed by atoms with Crippen LogP contribution in [0.25, 0.3) is 0 Å². The lowest BCUT2D eigenvalue weighted by Crippen LogP contribution is -2.01. The fourth-order valence-corrected chi connectivity index (χ4v) is 1.72. The highest BCUT2D eigenvalue weighted by Crippen LogP contribution is 2.20. The van der Waals surface area contributed by atoms with Gasteiger partial charge in [0.1, 0.15) is 12.4 Å². The van der Waals surface area contributed by atoms with Gasteiger partial charge in [0.2, 0.25) is 0 Å². The number of benzene rings is 2. The second-order valence-corrected chi connectivity index (χ2v) is 4.27. The van der Waals surface area contributed by atoms with E-state index in [-0.39, 0.29) is 18.8 Å². The van der Waals surface area contributed by atoms with Gasteiger partial charge in [-0.3, -0.25) is 0 Å². The van der Waals surface area contributed by atoms with E-state index in [1.807, 2.05) is 0 Å². The first-order valence-corrected chi connectivity index (χ1v) is 6.47. The van der Waals surface area contributed by atoms with E-state index < -0.39 is 11.6 Å². The second kappa shape index (κ2) is 7.41. The molecule has 2 nitrogen and oxygen atoms in total. The van der Waals surface area contributed by atoms with Crippen LogP contribution in [-0.4, -0.2) is 11.7 Å². The fourth-order valence-electron chi connectivity index (χ4n) is 1.72. The number of ether oxygens (including phenoxy) is 1. The molecule has 2 aromatic rings. The van der Waals surface area contributed by atoms with Crippen LogP contribution in [0.3, 0.4) is 0 Å². The van der Waals surface area contributed by atoms with Crippen LogP contribution in [0, 0.1) is 23.5 Å². The minimum atomic E-state index is -0.902. The van der Waals surface area contributed by atoms with Crippen molar-refractivity contribution in [2.75, 3.05) is 6.61 Å². The molecule has 0 heterocycles. The quantitative estimate of drug-likeness (QED) is 0.875. The molecule has 0 unspecified atom stereocenters. The maximum absolute atomic E-state index is 13.5. The van der Waals surface area contributed by atoms with Crippen LogP contribution < -0.4 is 4.74 Å². The molecule has 108 valence electrons. The van der Waals surface area contributed by atoms with E-state index in [9.17, 15) is 8.78 Å². The number of aliphatic hydroxyl groups excluding tert-OH is 1.